The largest absolute Gasteiger partial charge is 0.395 e. The highest BCUT2D eigenvalue weighted by molar-refractivity contribution is 6.67. The molecule has 0 aliphatic carbocycles. The van der Waals surface area contributed by atoms with E-state index in [-0.39, 0.29) is 9.52 Å². The zero-order valence-electron chi connectivity index (χ0n) is 13.9. The SMILES string of the molecule is CCOC([SiH2]CC[Si](C)(OCC)OCC)c1ccccc1. The molecular weight excluding hydrogens is 296 g/mol. The van der Waals surface area contributed by atoms with Crippen molar-refractivity contribution < 1.29 is 13.6 Å². The Labute approximate surface area is 133 Å². The molecule has 3 nitrogen and oxygen atoms in total. The van der Waals surface area contributed by atoms with Crippen molar-refractivity contribution in [3.8, 4) is 0 Å². The van der Waals surface area contributed by atoms with E-state index in [2.05, 4.69) is 57.7 Å². The van der Waals surface area contributed by atoms with Crippen LogP contribution in [0.15, 0.2) is 30.3 Å². The van der Waals surface area contributed by atoms with E-state index in [4.69, 9.17) is 13.6 Å². The summed E-state index contributed by atoms with van der Waals surface area (Å²) in [4.78, 5) is 0. The lowest BCUT2D eigenvalue weighted by molar-refractivity contribution is 0.117. The molecule has 0 radical (unpaired) electrons. The fourth-order valence-corrected chi connectivity index (χ4v) is 8.98. The van der Waals surface area contributed by atoms with Crippen LogP contribution in [0.5, 0.6) is 0 Å². The van der Waals surface area contributed by atoms with Gasteiger partial charge >= 0.3 is 8.56 Å². The van der Waals surface area contributed by atoms with E-state index < -0.39 is 8.56 Å². The first-order valence-electron chi connectivity index (χ1n) is 8.09. The average molecular weight is 327 g/mol. The lowest BCUT2D eigenvalue weighted by Crippen LogP contribution is -2.39. The molecule has 0 saturated heterocycles. The van der Waals surface area contributed by atoms with E-state index in [0.717, 1.165) is 25.9 Å². The molecule has 1 rings (SSSR count). The van der Waals surface area contributed by atoms with Crippen molar-refractivity contribution >= 4 is 18.1 Å². The molecule has 0 heterocycles. The molecule has 0 aliphatic heterocycles. The fourth-order valence-electron chi connectivity index (χ4n) is 2.62. The maximum atomic E-state index is 5.96. The molecule has 0 aromatic heterocycles. The van der Waals surface area contributed by atoms with E-state index in [1.807, 2.05) is 0 Å². The number of hydrogen-bond acceptors (Lipinski definition) is 3. The molecule has 5 heteroatoms. The maximum Gasteiger partial charge on any atom is 0.334 e. The molecule has 1 aromatic rings. The Morgan fingerprint density at radius 1 is 1.00 bits per heavy atom. The first-order valence-corrected chi connectivity index (χ1v) is 12.4. The first kappa shape index (κ1) is 18.6. The van der Waals surface area contributed by atoms with Crippen LogP contribution in [-0.4, -0.2) is 37.9 Å². The normalized spacial score (nSPS) is 13.9. The molecule has 0 N–H and O–H groups in total. The highest BCUT2D eigenvalue weighted by Gasteiger charge is 2.30. The Morgan fingerprint density at radius 2 is 1.62 bits per heavy atom. The second-order valence-electron chi connectivity index (χ2n) is 5.25. The molecule has 1 atom stereocenters. The fraction of sp³-hybridized carbons (Fsp3) is 0.625. The van der Waals surface area contributed by atoms with E-state index in [1.165, 1.54) is 11.6 Å². The van der Waals surface area contributed by atoms with Gasteiger partial charge in [-0.3, -0.25) is 0 Å². The van der Waals surface area contributed by atoms with Gasteiger partial charge in [-0.15, -0.1) is 0 Å². The Balaban J connectivity index is 2.53. The van der Waals surface area contributed by atoms with Crippen LogP contribution in [-0.2, 0) is 13.6 Å². The minimum atomic E-state index is -1.96. The van der Waals surface area contributed by atoms with E-state index in [0.29, 0.717) is 5.73 Å². The van der Waals surface area contributed by atoms with Gasteiger partial charge in [0.25, 0.3) is 0 Å². The van der Waals surface area contributed by atoms with Gasteiger partial charge in [0.05, 0.1) is 15.2 Å². The smallest absolute Gasteiger partial charge is 0.334 e. The highest BCUT2D eigenvalue weighted by atomic mass is 28.4. The van der Waals surface area contributed by atoms with Gasteiger partial charge in [-0.05, 0) is 38.9 Å². The summed E-state index contributed by atoms with van der Waals surface area (Å²) < 4.78 is 17.8. The molecule has 0 bridgehead atoms. The summed E-state index contributed by atoms with van der Waals surface area (Å²) in [6.45, 7) is 10.6. The average Bonchev–Trinajstić information content (AvgIpc) is 2.48. The standard InChI is InChI=1S/C16H30O3Si2/c1-5-17-16(15-11-9-8-10-12-15)20-13-14-21(4,18-6-2)19-7-3/h8-12,16H,5-7,13-14,20H2,1-4H3. The Hall–Kier alpha value is -0.466. The summed E-state index contributed by atoms with van der Waals surface area (Å²) in [7, 11) is -2.31. The van der Waals surface area contributed by atoms with Crippen molar-refractivity contribution in [2.75, 3.05) is 19.8 Å². The van der Waals surface area contributed by atoms with Crippen molar-refractivity contribution in [1.82, 2.24) is 0 Å². The van der Waals surface area contributed by atoms with E-state index in [9.17, 15) is 0 Å². The predicted octanol–water partition coefficient (Wildman–Crippen LogP) is 3.45. The van der Waals surface area contributed by atoms with Crippen LogP contribution in [0.3, 0.4) is 0 Å². The molecule has 1 aromatic carbocycles. The molecular formula is C16H30O3Si2. The van der Waals surface area contributed by atoms with Crippen molar-refractivity contribution in [1.29, 1.82) is 0 Å². The van der Waals surface area contributed by atoms with Gasteiger partial charge in [-0.2, -0.15) is 0 Å². The summed E-state index contributed by atoms with van der Waals surface area (Å²) in [5.41, 5.74) is 1.64. The third-order valence-electron chi connectivity index (χ3n) is 3.54. The van der Waals surface area contributed by atoms with Crippen LogP contribution in [0.25, 0.3) is 0 Å². The van der Waals surface area contributed by atoms with Crippen molar-refractivity contribution in [2.24, 2.45) is 0 Å². The molecule has 120 valence electrons. The highest BCUT2D eigenvalue weighted by Crippen LogP contribution is 2.21. The zero-order valence-corrected chi connectivity index (χ0v) is 16.3. The second kappa shape index (κ2) is 10.3. The number of benzene rings is 1. The Kier molecular flexibility index (Phi) is 9.11. The summed E-state index contributed by atoms with van der Waals surface area (Å²) in [6.07, 6.45) is 0. The van der Waals surface area contributed by atoms with Crippen molar-refractivity contribution in [2.45, 2.75) is 45.1 Å². The third kappa shape index (κ3) is 6.88. The van der Waals surface area contributed by atoms with Gasteiger partial charge in [-0.25, -0.2) is 0 Å². The quantitative estimate of drug-likeness (QED) is 0.583. The van der Waals surface area contributed by atoms with Crippen LogP contribution in [0.2, 0.25) is 18.6 Å². The molecule has 1 unspecified atom stereocenters. The lowest BCUT2D eigenvalue weighted by atomic mass is 10.2. The van der Waals surface area contributed by atoms with Gasteiger partial charge in [-0.1, -0.05) is 36.4 Å². The molecule has 0 aliphatic rings. The molecule has 0 saturated carbocycles. The molecule has 0 amide bonds. The summed E-state index contributed by atoms with van der Waals surface area (Å²) in [5, 5.41) is 0. The van der Waals surface area contributed by atoms with Crippen LogP contribution in [0.4, 0.5) is 0 Å². The summed E-state index contributed by atoms with van der Waals surface area (Å²) in [5.74, 6) is 0. The van der Waals surface area contributed by atoms with E-state index in [1.54, 1.807) is 0 Å². The van der Waals surface area contributed by atoms with Gasteiger partial charge in [0.1, 0.15) is 0 Å². The molecule has 0 spiro atoms. The zero-order chi connectivity index (χ0) is 15.6. The predicted molar refractivity (Wildman–Crippen MR) is 93.8 cm³/mol. The monoisotopic (exact) mass is 326 g/mol. The van der Waals surface area contributed by atoms with Gasteiger partial charge < -0.3 is 13.6 Å². The van der Waals surface area contributed by atoms with E-state index >= 15 is 0 Å². The third-order valence-corrected chi connectivity index (χ3v) is 9.30. The summed E-state index contributed by atoms with van der Waals surface area (Å²) >= 11 is 0. The number of rotatable bonds is 11. The Bertz CT molecular complexity index is 367. The second-order valence-corrected chi connectivity index (χ2v) is 10.6. The van der Waals surface area contributed by atoms with Crippen molar-refractivity contribution in [3.63, 3.8) is 0 Å². The number of ether oxygens (including phenoxy) is 1. The minimum Gasteiger partial charge on any atom is -0.395 e. The van der Waals surface area contributed by atoms with Crippen LogP contribution in [0.1, 0.15) is 32.1 Å². The summed E-state index contributed by atoms with van der Waals surface area (Å²) in [6, 6.07) is 12.9. The molecule has 21 heavy (non-hydrogen) atoms. The lowest BCUT2D eigenvalue weighted by Gasteiger charge is -2.26. The molecule has 0 fully saturated rings. The topological polar surface area (TPSA) is 27.7 Å². The van der Waals surface area contributed by atoms with Gasteiger partial charge in [0.2, 0.25) is 0 Å². The number of hydrogen-bond donors (Lipinski definition) is 0. The van der Waals surface area contributed by atoms with Crippen LogP contribution < -0.4 is 0 Å². The first-order chi connectivity index (χ1) is 10.1. The van der Waals surface area contributed by atoms with Gasteiger partial charge in [0, 0.05) is 19.8 Å². The van der Waals surface area contributed by atoms with Crippen molar-refractivity contribution in [3.05, 3.63) is 35.9 Å². The van der Waals surface area contributed by atoms with Gasteiger partial charge in [0.15, 0.2) is 0 Å². The maximum absolute atomic E-state index is 5.96. The minimum absolute atomic E-state index is 0.317. The van der Waals surface area contributed by atoms with Crippen LogP contribution in [0, 0.1) is 0 Å². The Morgan fingerprint density at radius 3 is 2.14 bits per heavy atom. The van der Waals surface area contributed by atoms with Crippen LogP contribution >= 0.6 is 0 Å².